The molecule has 0 spiro atoms. The van der Waals surface area contributed by atoms with Crippen LogP contribution >= 0.6 is 11.8 Å². The maximum Gasteiger partial charge on any atom is 0.344 e. The van der Waals surface area contributed by atoms with Gasteiger partial charge in [-0.1, -0.05) is 42.1 Å². The van der Waals surface area contributed by atoms with E-state index in [0.717, 1.165) is 18.4 Å². The Bertz CT molecular complexity index is 749. The van der Waals surface area contributed by atoms with Crippen molar-refractivity contribution in [2.75, 3.05) is 5.75 Å². The summed E-state index contributed by atoms with van der Waals surface area (Å²) in [5, 5.41) is 7.15. The minimum Gasteiger partial charge on any atom is -0.335 e. The average Bonchev–Trinajstić information content (AvgIpc) is 3.34. The van der Waals surface area contributed by atoms with Crippen molar-refractivity contribution in [3.8, 4) is 0 Å². The normalized spacial score (nSPS) is 14.1. The fourth-order valence-electron chi connectivity index (χ4n) is 2.59. The van der Waals surface area contributed by atoms with E-state index in [9.17, 15) is 9.59 Å². The number of aromatic amines is 1. The standard InChI is InChI=1S/C17H22N4O2S/c1-12(2)20(10-13-6-4-3-5-7-13)15(22)11-24-17-19-18-16(23)21(17)14-8-9-14/h3-7,12,14H,8-11H2,1-2H3,(H,18,23). The molecule has 0 bridgehead atoms. The summed E-state index contributed by atoms with van der Waals surface area (Å²) in [6.45, 7) is 4.62. The van der Waals surface area contributed by atoms with Gasteiger partial charge in [-0.15, -0.1) is 5.10 Å². The number of hydrogen-bond donors (Lipinski definition) is 1. The lowest BCUT2D eigenvalue weighted by Gasteiger charge is -2.26. The summed E-state index contributed by atoms with van der Waals surface area (Å²) in [7, 11) is 0. The van der Waals surface area contributed by atoms with Crippen molar-refractivity contribution in [2.45, 2.75) is 50.5 Å². The summed E-state index contributed by atoms with van der Waals surface area (Å²) in [6.07, 6.45) is 2.01. The highest BCUT2D eigenvalue weighted by molar-refractivity contribution is 7.99. The van der Waals surface area contributed by atoms with Crippen LogP contribution < -0.4 is 5.69 Å². The molecule has 6 nitrogen and oxygen atoms in total. The predicted molar refractivity (Wildman–Crippen MR) is 94.0 cm³/mol. The van der Waals surface area contributed by atoms with E-state index in [1.54, 1.807) is 4.57 Å². The largest absolute Gasteiger partial charge is 0.344 e. The fraction of sp³-hybridized carbons (Fsp3) is 0.471. The minimum absolute atomic E-state index is 0.0525. The van der Waals surface area contributed by atoms with Crippen molar-refractivity contribution in [3.05, 3.63) is 46.4 Å². The van der Waals surface area contributed by atoms with Crippen LogP contribution in [0.15, 0.2) is 40.3 Å². The number of carbonyl (C=O) groups is 1. The average molecular weight is 346 g/mol. The van der Waals surface area contributed by atoms with Gasteiger partial charge in [0.2, 0.25) is 5.91 Å². The highest BCUT2D eigenvalue weighted by Gasteiger charge is 2.29. The number of H-pyrrole nitrogens is 1. The first-order valence-electron chi connectivity index (χ1n) is 8.19. The van der Waals surface area contributed by atoms with Gasteiger partial charge in [0.25, 0.3) is 0 Å². The van der Waals surface area contributed by atoms with E-state index in [1.807, 2.05) is 49.1 Å². The van der Waals surface area contributed by atoms with E-state index in [4.69, 9.17) is 0 Å². The Morgan fingerprint density at radius 2 is 2.08 bits per heavy atom. The van der Waals surface area contributed by atoms with Crippen molar-refractivity contribution in [2.24, 2.45) is 0 Å². The van der Waals surface area contributed by atoms with Crippen LogP contribution in [0.1, 0.15) is 38.3 Å². The molecule has 0 aliphatic heterocycles. The Kier molecular flexibility index (Phi) is 5.08. The molecule has 1 aromatic carbocycles. The number of aromatic nitrogens is 3. The monoisotopic (exact) mass is 346 g/mol. The Morgan fingerprint density at radius 3 is 2.71 bits per heavy atom. The van der Waals surface area contributed by atoms with Crippen molar-refractivity contribution in [3.63, 3.8) is 0 Å². The maximum absolute atomic E-state index is 12.6. The summed E-state index contributed by atoms with van der Waals surface area (Å²) in [4.78, 5) is 26.3. The van der Waals surface area contributed by atoms with Crippen molar-refractivity contribution < 1.29 is 4.79 Å². The second-order valence-electron chi connectivity index (χ2n) is 6.30. The smallest absolute Gasteiger partial charge is 0.335 e. The number of nitrogens with zero attached hydrogens (tertiary/aromatic N) is 3. The van der Waals surface area contributed by atoms with Gasteiger partial charge in [0.05, 0.1) is 5.75 Å². The quantitative estimate of drug-likeness (QED) is 0.782. The van der Waals surface area contributed by atoms with E-state index in [-0.39, 0.29) is 29.4 Å². The van der Waals surface area contributed by atoms with Crippen molar-refractivity contribution in [1.82, 2.24) is 19.7 Å². The number of thioether (sulfide) groups is 1. The van der Waals surface area contributed by atoms with Crippen LogP contribution in [-0.4, -0.2) is 37.4 Å². The van der Waals surface area contributed by atoms with E-state index in [0.29, 0.717) is 11.7 Å². The van der Waals surface area contributed by atoms with E-state index >= 15 is 0 Å². The van der Waals surface area contributed by atoms with Gasteiger partial charge < -0.3 is 4.90 Å². The van der Waals surface area contributed by atoms with Crippen LogP contribution in [0.25, 0.3) is 0 Å². The lowest BCUT2D eigenvalue weighted by Crippen LogP contribution is -2.37. The van der Waals surface area contributed by atoms with Crippen LogP contribution in [0.5, 0.6) is 0 Å². The first-order chi connectivity index (χ1) is 11.6. The molecule has 3 rings (SSSR count). The van der Waals surface area contributed by atoms with Crippen molar-refractivity contribution in [1.29, 1.82) is 0 Å². The van der Waals surface area contributed by atoms with Crippen LogP contribution in [0, 0.1) is 0 Å². The summed E-state index contributed by atoms with van der Waals surface area (Å²) in [5.41, 5.74) is 0.927. The number of rotatable bonds is 7. The molecule has 0 saturated heterocycles. The molecule has 0 unspecified atom stereocenters. The third-order valence-electron chi connectivity index (χ3n) is 4.05. The summed E-state index contributed by atoms with van der Waals surface area (Å²) >= 11 is 1.33. The molecular weight excluding hydrogens is 324 g/mol. The molecule has 1 aromatic heterocycles. The first kappa shape index (κ1) is 16.8. The van der Waals surface area contributed by atoms with E-state index < -0.39 is 0 Å². The minimum atomic E-state index is -0.183. The Hall–Kier alpha value is -2.02. The molecule has 2 aromatic rings. The molecule has 0 radical (unpaired) electrons. The molecule has 0 atom stereocenters. The highest BCUT2D eigenvalue weighted by atomic mass is 32.2. The summed E-state index contributed by atoms with van der Waals surface area (Å²) < 4.78 is 1.68. The van der Waals surface area contributed by atoms with Gasteiger partial charge >= 0.3 is 5.69 Å². The Labute approximate surface area is 145 Å². The molecule has 1 N–H and O–H groups in total. The third-order valence-corrected chi connectivity index (χ3v) is 4.99. The van der Waals surface area contributed by atoms with Crippen LogP contribution in [-0.2, 0) is 11.3 Å². The topological polar surface area (TPSA) is 71.0 Å². The van der Waals surface area contributed by atoms with Gasteiger partial charge in [-0.25, -0.2) is 9.89 Å². The van der Waals surface area contributed by atoms with Gasteiger partial charge in [-0.2, -0.15) is 0 Å². The van der Waals surface area contributed by atoms with Gasteiger partial charge in [0.1, 0.15) is 0 Å². The second kappa shape index (κ2) is 7.25. The summed E-state index contributed by atoms with van der Waals surface area (Å²) in [5.74, 6) is 0.332. The van der Waals surface area contributed by atoms with Crippen LogP contribution in [0.4, 0.5) is 0 Å². The van der Waals surface area contributed by atoms with Crippen LogP contribution in [0.2, 0.25) is 0 Å². The molecule has 1 fully saturated rings. The number of hydrogen-bond acceptors (Lipinski definition) is 4. The number of carbonyl (C=O) groups excluding carboxylic acids is 1. The van der Waals surface area contributed by atoms with Gasteiger partial charge in [0.15, 0.2) is 5.16 Å². The molecule has 1 aliphatic rings. The zero-order valence-electron chi connectivity index (χ0n) is 13.9. The Balaban J connectivity index is 1.65. The molecule has 1 saturated carbocycles. The van der Waals surface area contributed by atoms with Crippen molar-refractivity contribution >= 4 is 17.7 Å². The molecule has 128 valence electrons. The molecule has 24 heavy (non-hydrogen) atoms. The third kappa shape index (κ3) is 3.90. The highest BCUT2D eigenvalue weighted by Crippen LogP contribution is 2.36. The van der Waals surface area contributed by atoms with E-state index in [1.165, 1.54) is 11.8 Å². The second-order valence-corrected chi connectivity index (χ2v) is 7.24. The molecule has 1 aliphatic carbocycles. The Morgan fingerprint density at radius 1 is 1.38 bits per heavy atom. The number of amides is 1. The molecular formula is C17H22N4O2S. The number of nitrogens with one attached hydrogen (secondary N) is 1. The zero-order valence-corrected chi connectivity index (χ0v) is 14.8. The van der Waals surface area contributed by atoms with E-state index in [2.05, 4.69) is 10.2 Å². The van der Waals surface area contributed by atoms with Gasteiger partial charge in [0, 0.05) is 18.6 Å². The zero-order chi connectivity index (χ0) is 17.1. The molecule has 1 heterocycles. The lowest BCUT2D eigenvalue weighted by atomic mass is 10.2. The van der Waals surface area contributed by atoms with Gasteiger partial charge in [-0.3, -0.25) is 9.36 Å². The van der Waals surface area contributed by atoms with Crippen LogP contribution in [0.3, 0.4) is 0 Å². The lowest BCUT2D eigenvalue weighted by molar-refractivity contribution is -0.130. The predicted octanol–water partition coefficient (Wildman–Crippen LogP) is 2.44. The molecule has 1 amide bonds. The SMILES string of the molecule is CC(C)N(Cc1ccccc1)C(=O)CSc1n[nH]c(=O)n1C1CC1. The fourth-order valence-corrected chi connectivity index (χ4v) is 3.49. The summed E-state index contributed by atoms with van der Waals surface area (Å²) in [6, 6.07) is 10.3. The maximum atomic E-state index is 12.6. The first-order valence-corrected chi connectivity index (χ1v) is 9.18. The molecule has 7 heteroatoms. The van der Waals surface area contributed by atoms with Gasteiger partial charge in [-0.05, 0) is 32.3 Å². The number of benzene rings is 1.